The lowest BCUT2D eigenvalue weighted by Gasteiger charge is -2.05. The van der Waals surface area contributed by atoms with E-state index < -0.39 is 5.97 Å². The lowest BCUT2D eigenvalue weighted by Crippen LogP contribution is -2.08. The fourth-order valence-corrected chi connectivity index (χ4v) is 3.23. The Kier molecular flexibility index (Phi) is 3.76. The minimum atomic E-state index is -0.951. The normalized spacial score (nSPS) is 11.4. The average molecular weight is 389 g/mol. The lowest BCUT2D eigenvalue weighted by molar-refractivity contribution is 0.0696. The maximum absolute atomic E-state index is 11.1. The second-order valence-electron chi connectivity index (χ2n) is 6.48. The van der Waals surface area contributed by atoms with Gasteiger partial charge in [0.05, 0.1) is 23.4 Å². The number of rotatable bonds is 5. The van der Waals surface area contributed by atoms with Gasteiger partial charge in [-0.15, -0.1) is 5.10 Å². The van der Waals surface area contributed by atoms with Crippen molar-refractivity contribution >= 4 is 28.6 Å². The third kappa shape index (κ3) is 2.87. The Morgan fingerprint density at radius 2 is 2.07 bits per heavy atom. The number of furan rings is 1. The molecule has 0 fully saturated rings. The van der Waals surface area contributed by atoms with Crippen LogP contribution in [0.4, 0.5) is 5.95 Å². The van der Waals surface area contributed by atoms with Crippen LogP contribution in [-0.4, -0.2) is 40.4 Å². The molecule has 0 saturated carbocycles. The molecule has 0 radical (unpaired) electrons. The maximum Gasteiger partial charge on any atom is 0.335 e. The Balaban J connectivity index is 1.51. The van der Waals surface area contributed by atoms with Gasteiger partial charge in [0.15, 0.2) is 17.1 Å². The van der Waals surface area contributed by atoms with Crippen LogP contribution in [0.2, 0.25) is 0 Å². The molecule has 0 atom stereocenters. The van der Waals surface area contributed by atoms with E-state index in [1.807, 2.05) is 6.07 Å². The topological polar surface area (TPSA) is 137 Å². The Labute approximate surface area is 163 Å². The van der Waals surface area contributed by atoms with Gasteiger partial charge in [0.2, 0.25) is 11.8 Å². The van der Waals surface area contributed by atoms with Crippen LogP contribution >= 0.6 is 0 Å². The van der Waals surface area contributed by atoms with Crippen LogP contribution in [0, 0.1) is 0 Å². The van der Waals surface area contributed by atoms with Crippen molar-refractivity contribution in [3.63, 3.8) is 0 Å². The Hall–Kier alpha value is -4.21. The zero-order valence-corrected chi connectivity index (χ0v) is 15.1. The SMILES string of the molecule is Nc1nc2c(cnn2CCc2cccc(C(=O)O)c2)c2nc(-c3ccco3)nn12. The lowest BCUT2D eigenvalue weighted by atomic mass is 10.1. The van der Waals surface area contributed by atoms with Crippen molar-refractivity contribution in [2.24, 2.45) is 0 Å². The summed E-state index contributed by atoms with van der Waals surface area (Å²) in [6.45, 7) is 0.508. The highest BCUT2D eigenvalue weighted by Gasteiger charge is 2.17. The summed E-state index contributed by atoms with van der Waals surface area (Å²) in [6, 6.07) is 10.4. The molecular weight excluding hydrogens is 374 g/mol. The molecule has 5 aromatic rings. The third-order valence-corrected chi connectivity index (χ3v) is 4.62. The van der Waals surface area contributed by atoms with Gasteiger partial charge in [-0.2, -0.15) is 14.6 Å². The van der Waals surface area contributed by atoms with E-state index in [1.165, 1.54) is 4.52 Å². The van der Waals surface area contributed by atoms with Crippen LogP contribution in [0.3, 0.4) is 0 Å². The standard InChI is InChI=1S/C19H15N7O3/c20-19-23-16-13(17-22-15(24-26(17)19)14-5-2-8-29-14)10-21-25(16)7-6-11-3-1-4-12(9-11)18(27)28/h1-5,8-10H,6-7H2,(H2,20,23)(H,27,28). The van der Waals surface area contributed by atoms with Crippen LogP contribution in [0.15, 0.2) is 53.3 Å². The fraction of sp³-hybridized carbons (Fsp3) is 0.105. The van der Waals surface area contributed by atoms with E-state index in [2.05, 4.69) is 20.2 Å². The molecule has 0 aliphatic carbocycles. The van der Waals surface area contributed by atoms with Gasteiger partial charge in [0.25, 0.3) is 0 Å². The number of hydrogen-bond donors (Lipinski definition) is 2. The molecule has 0 spiro atoms. The number of benzene rings is 1. The molecule has 4 heterocycles. The monoisotopic (exact) mass is 389 g/mol. The second kappa shape index (κ2) is 6.44. The molecule has 0 aliphatic rings. The molecule has 0 aliphatic heterocycles. The minimum absolute atomic E-state index is 0.187. The summed E-state index contributed by atoms with van der Waals surface area (Å²) in [4.78, 5) is 20.1. The van der Waals surface area contributed by atoms with Gasteiger partial charge >= 0.3 is 5.97 Å². The first kappa shape index (κ1) is 16.9. The molecule has 144 valence electrons. The van der Waals surface area contributed by atoms with Gasteiger partial charge in [-0.05, 0) is 36.2 Å². The Bertz CT molecular complexity index is 1350. The summed E-state index contributed by atoms with van der Waals surface area (Å²) >= 11 is 0. The first-order valence-corrected chi connectivity index (χ1v) is 8.84. The molecule has 1 aromatic carbocycles. The number of carbonyl (C=O) groups is 1. The molecule has 0 saturated heterocycles. The number of aryl methyl sites for hydroxylation is 2. The second-order valence-corrected chi connectivity index (χ2v) is 6.48. The van der Waals surface area contributed by atoms with Gasteiger partial charge in [0.1, 0.15) is 0 Å². The van der Waals surface area contributed by atoms with Crippen molar-refractivity contribution in [2.45, 2.75) is 13.0 Å². The molecule has 0 bridgehead atoms. The number of fused-ring (bicyclic) bond motifs is 3. The molecule has 0 amide bonds. The zero-order valence-electron chi connectivity index (χ0n) is 15.1. The molecule has 5 rings (SSSR count). The number of anilines is 1. The first-order chi connectivity index (χ1) is 14.1. The van der Waals surface area contributed by atoms with Crippen molar-refractivity contribution in [3.8, 4) is 11.6 Å². The van der Waals surface area contributed by atoms with E-state index in [0.717, 1.165) is 5.56 Å². The number of nitrogen functional groups attached to an aromatic ring is 1. The highest BCUT2D eigenvalue weighted by Crippen LogP contribution is 2.23. The summed E-state index contributed by atoms with van der Waals surface area (Å²) in [6.07, 6.45) is 3.82. The van der Waals surface area contributed by atoms with Crippen LogP contribution in [0.5, 0.6) is 0 Å². The highest BCUT2D eigenvalue weighted by molar-refractivity contribution is 5.90. The highest BCUT2D eigenvalue weighted by atomic mass is 16.4. The number of carboxylic acids is 1. The van der Waals surface area contributed by atoms with E-state index >= 15 is 0 Å². The van der Waals surface area contributed by atoms with Gasteiger partial charge in [-0.1, -0.05) is 12.1 Å². The zero-order chi connectivity index (χ0) is 20.0. The molecule has 10 heteroatoms. The Morgan fingerprint density at radius 1 is 1.17 bits per heavy atom. The van der Waals surface area contributed by atoms with Gasteiger partial charge in [-0.3, -0.25) is 0 Å². The van der Waals surface area contributed by atoms with Crippen molar-refractivity contribution < 1.29 is 14.3 Å². The predicted octanol–water partition coefficient (Wildman–Crippen LogP) is 2.26. The minimum Gasteiger partial charge on any atom is -0.478 e. The van der Waals surface area contributed by atoms with Crippen LogP contribution in [-0.2, 0) is 13.0 Å². The largest absolute Gasteiger partial charge is 0.478 e. The van der Waals surface area contributed by atoms with Crippen LogP contribution in [0.25, 0.3) is 28.3 Å². The molecule has 3 N–H and O–H groups in total. The maximum atomic E-state index is 11.1. The molecule has 4 aromatic heterocycles. The van der Waals surface area contributed by atoms with E-state index in [9.17, 15) is 4.79 Å². The summed E-state index contributed by atoms with van der Waals surface area (Å²) in [5.74, 6) is 0.181. The van der Waals surface area contributed by atoms with Crippen molar-refractivity contribution in [1.82, 2.24) is 29.4 Å². The van der Waals surface area contributed by atoms with Crippen molar-refractivity contribution in [1.29, 1.82) is 0 Å². The van der Waals surface area contributed by atoms with Crippen LogP contribution < -0.4 is 5.73 Å². The number of aromatic nitrogens is 6. The van der Waals surface area contributed by atoms with Gasteiger partial charge in [0, 0.05) is 6.54 Å². The number of aromatic carboxylic acids is 1. The third-order valence-electron chi connectivity index (χ3n) is 4.62. The average Bonchev–Trinajstić information content (AvgIpc) is 3.45. The summed E-state index contributed by atoms with van der Waals surface area (Å²) in [7, 11) is 0. The quantitative estimate of drug-likeness (QED) is 0.467. The summed E-state index contributed by atoms with van der Waals surface area (Å²) in [5, 5.41) is 18.6. The number of nitrogens with two attached hydrogens (primary N) is 1. The van der Waals surface area contributed by atoms with Gasteiger partial charge in [-0.25, -0.2) is 14.5 Å². The summed E-state index contributed by atoms with van der Waals surface area (Å²) in [5.41, 5.74) is 8.36. The smallest absolute Gasteiger partial charge is 0.335 e. The van der Waals surface area contributed by atoms with Crippen LogP contribution in [0.1, 0.15) is 15.9 Å². The first-order valence-electron chi connectivity index (χ1n) is 8.84. The van der Waals surface area contributed by atoms with Crippen molar-refractivity contribution in [3.05, 3.63) is 60.0 Å². The fourth-order valence-electron chi connectivity index (χ4n) is 3.23. The molecular formula is C19H15N7O3. The Morgan fingerprint density at radius 3 is 2.86 bits per heavy atom. The van der Waals surface area contributed by atoms with Gasteiger partial charge < -0.3 is 15.3 Å². The molecule has 0 unspecified atom stereocenters. The molecule has 10 nitrogen and oxygen atoms in total. The van der Waals surface area contributed by atoms with E-state index in [-0.39, 0.29) is 11.5 Å². The number of carboxylic acid groups (broad SMARTS) is 1. The summed E-state index contributed by atoms with van der Waals surface area (Å²) < 4.78 is 8.54. The number of hydrogen-bond acceptors (Lipinski definition) is 7. The molecule has 29 heavy (non-hydrogen) atoms. The van der Waals surface area contributed by atoms with E-state index in [0.29, 0.717) is 41.2 Å². The van der Waals surface area contributed by atoms with E-state index in [1.54, 1.807) is 47.5 Å². The van der Waals surface area contributed by atoms with Crippen molar-refractivity contribution in [2.75, 3.05) is 5.73 Å². The van der Waals surface area contributed by atoms with E-state index in [4.69, 9.17) is 15.3 Å². The predicted molar refractivity (Wildman–Crippen MR) is 103 cm³/mol. The number of nitrogens with zero attached hydrogens (tertiary/aromatic N) is 6.